The zero-order chi connectivity index (χ0) is 23.8. The van der Waals surface area contributed by atoms with Gasteiger partial charge in [0.1, 0.15) is 22.2 Å². The van der Waals surface area contributed by atoms with Crippen LogP contribution in [0.25, 0.3) is 11.2 Å². The SMILES string of the molecule is OCC1CCN(c2nccc(Sc3ccc4nc(N5CCC6(CCOC6)CC5)cnc4n3)c2Cl)C1. The predicted molar refractivity (Wildman–Crippen MR) is 137 cm³/mol. The molecule has 1 spiro atoms. The lowest BCUT2D eigenvalue weighted by Gasteiger charge is -2.38. The molecule has 3 aliphatic heterocycles. The van der Waals surface area contributed by atoms with E-state index in [-0.39, 0.29) is 12.5 Å². The van der Waals surface area contributed by atoms with Crippen molar-refractivity contribution >= 4 is 46.2 Å². The summed E-state index contributed by atoms with van der Waals surface area (Å²) >= 11 is 8.25. The molecule has 1 atom stereocenters. The van der Waals surface area contributed by atoms with Gasteiger partial charge in [-0.1, -0.05) is 23.4 Å². The predicted octanol–water partition coefficient (Wildman–Crippen LogP) is 4.05. The smallest absolute Gasteiger partial charge is 0.179 e. The molecule has 1 unspecified atom stereocenters. The van der Waals surface area contributed by atoms with Crippen molar-refractivity contribution in [2.75, 3.05) is 55.8 Å². The molecule has 3 fully saturated rings. The first-order chi connectivity index (χ1) is 17.1. The Labute approximate surface area is 214 Å². The van der Waals surface area contributed by atoms with E-state index in [9.17, 15) is 5.11 Å². The molecular weight excluding hydrogens is 484 g/mol. The second-order valence-electron chi connectivity index (χ2n) is 9.84. The fourth-order valence-electron chi connectivity index (χ4n) is 5.34. The van der Waals surface area contributed by atoms with Crippen LogP contribution in [0.3, 0.4) is 0 Å². The van der Waals surface area contributed by atoms with Crippen molar-refractivity contribution in [1.29, 1.82) is 0 Å². The van der Waals surface area contributed by atoms with E-state index in [1.54, 1.807) is 6.20 Å². The molecule has 3 aromatic rings. The molecule has 0 bridgehead atoms. The van der Waals surface area contributed by atoms with Crippen LogP contribution >= 0.6 is 23.4 Å². The number of aromatic nitrogens is 4. The lowest BCUT2D eigenvalue weighted by molar-refractivity contribution is 0.133. The fourth-order valence-corrected chi connectivity index (χ4v) is 6.49. The number of piperidine rings is 1. The normalized spacial score (nSPS) is 21.9. The van der Waals surface area contributed by atoms with Gasteiger partial charge < -0.3 is 19.6 Å². The fraction of sp³-hybridized carbons (Fsp3) is 0.520. The van der Waals surface area contributed by atoms with E-state index in [2.05, 4.69) is 19.8 Å². The molecule has 3 aromatic heterocycles. The summed E-state index contributed by atoms with van der Waals surface area (Å²) in [6.07, 6.45) is 8.05. The van der Waals surface area contributed by atoms with Crippen LogP contribution in [-0.2, 0) is 4.74 Å². The Morgan fingerprint density at radius 3 is 2.74 bits per heavy atom. The maximum atomic E-state index is 9.46. The molecule has 10 heteroatoms. The first-order valence-corrected chi connectivity index (χ1v) is 13.5. The molecule has 8 nitrogen and oxygen atoms in total. The van der Waals surface area contributed by atoms with Gasteiger partial charge in [0.15, 0.2) is 5.65 Å². The third-order valence-corrected chi connectivity index (χ3v) is 9.07. The monoisotopic (exact) mass is 512 g/mol. The zero-order valence-electron chi connectivity index (χ0n) is 19.6. The molecule has 6 rings (SSSR count). The highest BCUT2D eigenvalue weighted by Gasteiger charge is 2.38. The number of pyridine rings is 2. The third-order valence-electron chi connectivity index (χ3n) is 7.59. The number of aliphatic hydroxyl groups is 1. The molecule has 0 aromatic carbocycles. The van der Waals surface area contributed by atoms with E-state index >= 15 is 0 Å². The van der Waals surface area contributed by atoms with E-state index < -0.39 is 0 Å². The number of nitrogens with zero attached hydrogens (tertiary/aromatic N) is 6. The zero-order valence-corrected chi connectivity index (χ0v) is 21.1. The molecular formula is C25H29ClN6O2S. The number of anilines is 2. The van der Waals surface area contributed by atoms with Crippen molar-refractivity contribution in [1.82, 2.24) is 19.9 Å². The van der Waals surface area contributed by atoms with Gasteiger partial charge in [-0.15, -0.1) is 0 Å². The topological polar surface area (TPSA) is 87.5 Å². The van der Waals surface area contributed by atoms with E-state index in [0.29, 0.717) is 16.1 Å². The van der Waals surface area contributed by atoms with Gasteiger partial charge in [0, 0.05) is 56.4 Å². The summed E-state index contributed by atoms with van der Waals surface area (Å²) in [5.41, 5.74) is 1.80. The molecule has 0 aliphatic carbocycles. The van der Waals surface area contributed by atoms with Crippen molar-refractivity contribution in [2.24, 2.45) is 11.3 Å². The highest BCUT2D eigenvalue weighted by Crippen LogP contribution is 2.40. The Morgan fingerprint density at radius 1 is 1.09 bits per heavy atom. The second-order valence-corrected chi connectivity index (χ2v) is 11.3. The summed E-state index contributed by atoms with van der Waals surface area (Å²) in [5.74, 6) is 1.96. The molecule has 0 radical (unpaired) electrons. The maximum Gasteiger partial charge on any atom is 0.179 e. The average molecular weight is 513 g/mol. The maximum absolute atomic E-state index is 9.46. The molecule has 184 valence electrons. The minimum atomic E-state index is 0.194. The first-order valence-electron chi connectivity index (χ1n) is 12.3. The molecule has 0 saturated carbocycles. The summed E-state index contributed by atoms with van der Waals surface area (Å²) in [7, 11) is 0. The summed E-state index contributed by atoms with van der Waals surface area (Å²) in [6, 6.07) is 5.87. The lowest BCUT2D eigenvalue weighted by atomic mass is 9.78. The van der Waals surface area contributed by atoms with E-state index in [4.69, 9.17) is 26.3 Å². The molecule has 6 heterocycles. The van der Waals surface area contributed by atoms with Gasteiger partial charge in [-0.2, -0.15) is 0 Å². The van der Waals surface area contributed by atoms with Gasteiger partial charge in [-0.25, -0.2) is 19.9 Å². The summed E-state index contributed by atoms with van der Waals surface area (Å²) in [4.78, 5) is 24.1. The van der Waals surface area contributed by atoms with Crippen LogP contribution in [0.5, 0.6) is 0 Å². The van der Waals surface area contributed by atoms with Gasteiger partial charge in [0.2, 0.25) is 0 Å². The average Bonchev–Trinajstić information content (AvgIpc) is 3.55. The number of hydrogen-bond acceptors (Lipinski definition) is 9. The second kappa shape index (κ2) is 9.69. The summed E-state index contributed by atoms with van der Waals surface area (Å²) < 4.78 is 5.66. The summed E-state index contributed by atoms with van der Waals surface area (Å²) in [5, 5.41) is 10.9. The van der Waals surface area contributed by atoms with Gasteiger partial charge in [-0.3, -0.25) is 0 Å². The van der Waals surface area contributed by atoms with Crippen LogP contribution in [-0.4, -0.2) is 71.0 Å². The number of aliphatic hydroxyl groups excluding tert-OH is 1. The van der Waals surface area contributed by atoms with E-state index in [1.807, 2.05) is 24.4 Å². The first kappa shape index (κ1) is 23.2. The Balaban J connectivity index is 1.17. The molecule has 1 N–H and O–H groups in total. The van der Waals surface area contributed by atoms with Gasteiger partial charge in [0.25, 0.3) is 0 Å². The van der Waals surface area contributed by atoms with Crippen molar-refractivity contribution in [3.05, 3.63) is 35.6 Å². The van der Waals surface area contributed by atoms with Gasteiger partial charge in [0.05, 0.1) is 17.8 Å². The third kappa shape index (κ3) is 4.67. The minimum Gasteiger partial charge on any atom is -0.396 e. The number of rotatable bonds is 5. The molecule has 3 aliphatic rings. The largest absolute Gasteiger partial charge is 0.396 e. The van der Waals surface area contributed by atoms with Crippen molar-refractivity contribution in [3.63, 3.8) is 0 Å². The molecule has 0 amide bonds. The van der Waals surface area contributed by atoms with Crippen LogP contribution in [0.4, 0.5) is 11.6 Å². The van der Waals surface area contributed by atoms with Gasteiger partial charge in [-0.05, 0) is 49.3 Å². The van der Waals surface area contributed by atoms with Crippen LogP contribution in [0.2, 0.25) is 5.02 Å². The Bertz CT molecular complexity index is 1210. The highest BCUT2D eigenvalue weighted by atomic mass is 35.5. The quantitative estimate of drug-likeness (QED) is 0.543. The molecule has 35 heavy (non-hydrogen) atoms. The molecule has 3 saturated heterocycles. The number of halogens is 1. The summed E-state index contributed by atoms with van der Waals surface area (Å²) in [6.45, 7) is 5.60. The van der Waals surface area contributed by atoms with Crippen LogP contribution in [0, 0.1) is 11.3 Å². The number of hydrogen-bond donors (Lipinski definition) is 1. The Kier molecular flexibility index (Phi) is 6.43. The number of fused-ring (bicyclic) bond motifs is 1. The standard InChI is InChI=1S/C25H29ClN6O2S/c26-22-19(3-8-27-24(22)32-9-4-17(14-32)15-33)35-21-2-1-18-23(30-21)28-13-20(29-18)31-10-5-25(6-11-31)7-12-34-16-25/h1-3,8,13,17,33H,4-7,9-12,14-16H2. The van der Waals surface area contributed by atoms with Crippen molar-refractivity contribution in [3.8, 4) is 0 Å². The van der Waals surface area contributed by atoms with Crippen molar-refractivity contribution < 1.29 is 9.84 Å². The van der Waals surface area contributed by atoms with Crippen molar-refractivity contribution in [2.45, 2.75) is 35.6 Å². The van der Waals surface area contributed by atoms with Crippen LogP contribution < -0.4 is 9.80 Å². The van der Waals surface area contributed by atoms with Crippen LogP contribution in [0.15, 0.2) is 40.5 Å². The van der Waals surface area contributed by atoms with E-state index in [0.717, 1.165) is 85.7 Å². The Morgan fingerprint density at radius 2 is 1.97 bits per heavy atom. The minimum absolute atomic E-state index is 0.194. The van der Waals surface area contributed by atoms with Gasteiger partial charge >= 0.3 is 0 Å². The Hall–Kier alpha value is -2.20. The lowest BCUT2D eigenvalue weighted by Crippen LogP contribution is -2.40. The van der Waals surface area contributed by atoms with E-state index in [1.165, 1.54) is 18.2 Å². The number of ether oxygens (including phenoxy) is 1. The van der Waals surface area contributed by atoms with Crippen LogP contribution in [0.1, 0.15) is 25.7 Å². The highest BCUT2D eigenvalue weighted by molar-refractivity contribution is 7.99.